The van der Waals surface area contributed by atoms with Crippen LogP contribution in [0.5, 0.6) is 5.75 Å². The summed E-state index contributed by atoms with van der Waals surface area (Å²) in [6.07, 6.45) is 2.07. The van der Waals surface area contributed by atoms with Crippen molar-refractivity contribution >= 4 is 27.3 Å². The highest BCUT2D eigenvalue weighted by atomic mass is 35.5. The van der Waals surface area contributed by atoms with E-state index >= 15 is 0 Å². The lowest BCUT2D eigenvalue weighted by Gasteiger charge is -2.19. The van der Waals surface area contributed by atoms with Crippen molar-refractivity contribution in [3.63, 3.8) is 0 Å². The van der Waals surface area contributed by atoms with E-state index in [0.717, 1.165) is 17.9 Å². The molecular weight excluding hydrogens is 483 g/mol. The Labute approximate surface area is 193 Å². The van der Waals surface area contributed by atoms with Crippen molar-refractivity contribution in [2.75, 3.05) is 6.26 Å². The third kappa shape index (κ3) is 6.23. The largest absolute Gasteiger partial charge is 0.482 e. The minimum absolute atomic E-state index is 0.0772. The van der Waals surface area contributed by atoms with Crippen molar-refractivity contribution in [1.82, 2.24) is 15.3 Å². The van der Waals surface area contributed by atoms with Gasteiger partial charge >= 0.3 is 0 Å². The van der Waals surface area contributed by atoms with Crippen LogP contribution in [0.4, 0.5) is 13.2 Å². The number of sulfone groups is 1. The molecular formula is C21H21ClF3N3O4S. The molecule has 1 N–H and O–H groups in total. The molecule has 1 aromatic heterocycles. The molecule has 0 aliphatic heterocycles. The van der Waals surface area contributed by atoms with Gasteiger partial charge in [0.1, 0.15) is 11.9 Å². The first-order valence-corrected chi connectivity index (χ1v) is 12.2. The zero-order valence-corrected chi connectivity index (χ0v) is 19.4. The van der Waals surface area contributed by atoms with Gasteiger partial charge in [-0.05, 0) is 19.9 Å². The summed E-state index contributed by atoms with van der Waals surface area (Å²) < 4.78 is 69.6. The van der Waals surface area contributed by atoms with Crippen LogP contribution in [0.2, 0.25) is 5.02 Å². The molecule has 178 valence electrons. The van der Waals surface area contributed by atoms with E-state index in [1.165, 1.54) is 31.2 Å². The average Bonchev–Trinajstić information content (AvgIpc) is 3.36. The van der Waals surface area contributed by atoms with E-state index in [-0.39, 0.29) is 22.3 Å². The Balaban J connectivity index is 1.85. The van der Waals surface area contributed by atoms with E-state index in [1.54, 1.807) is 6.92 Å². The number of benzene rings is 1. The SMILES string of the molecule is CC(Oc1cnc(C(=O)N[C@H](C)/C=C/S(C)(=O)=O)nc1C1CC1(F)F)c1cccc(F)c1Cl. The second-order valence-corrected chi connectivity index (χ2v) is 10.1. The Morgan fingerprint density at radius 1 is 1.36 bits per heavy atom. The summed E-state index contributed by atoms with van der Waals surface area (Å²) >= 11 is 5.98. The summed E-state index contributed by atoms with van der Waals surface area (Å²) in [4.78, 5) is 20.4. The predicted octanol–water partition coefficient (Wildman–Crippen LogP) is 4.21. The Hall–Kier alpha value is -2.66. The van der Waals surface area contributed by atoms with Crippen LogP contribution in [0.3, 0.4) is 0 Å². The number of nitrogens with one attached hydrogen (secondary N) is 1. The summed E-state index contributed by atoms with van der Waals surface area (Å²) in [5, 5.41) is 3.25. The first kappa shape index (κ1) is 25.0. The molecule has 2 unspecified atom stereocenters. The van der Waals surface area contributed by atoms with E-state index in [1.807, 2.05) is 0 Å². The molecule has 0 radical (unpaired) electrons. The standard InChI is InChI=1S/C21H21ClF3N3O4S/c1-11(7-8-33(3,30)31)27-20(29)19-26-10-16(18(28-19)14-9-21(14,24)25)32-12(2)13-5-4-6-15(23)17(13)22/h4-8,10-12,14H,9H2,1-3H3,(H,27,29)/b8-7+/t11-,12?,14?/m1/s1. The van der Waals surface area contributed by atoms with Crippen LogP contribution in [-0.2, 0) is 9.84 Å². The molecule has 0 bridgehead atoms. The van der Waals surface area contributed by atoms with Crippen LogP contribution in [0.15, 0.2) is 35.9 Å². The van der Waals surface area contributed by atoms with Crippen molar-refractivity contribution in [2.45, 2.75) is 44.3 Å². The van der Waals surface area contributed by atoms with Crippen molar-refractivity contribution in [3.8, 4) is 5.75 Å². The first-order valence-electron chi connectivity index (χ1n) is 9.83. The number of hydrogen-bond donors (Lipinski definition) is 1. The second kappa shape index (κ2) is 9.30. The van der Waals surface area contributed by atoms with Gasteiger partial charge in [-0.1, -0.05) is 29.8 Å². The van der Waals surface area contributed by atoms with Gasteiger partial charge in [0.15, 0.2) is 15.6 Å². The number of halogens is 4. The highest BCUT2D eigenvalue weighted by molar-refractivity contribution is 7.93. The lowest BCUT2D eigenvalue weighted by Crippen LogP contribution is -2.32. The maximum atomic E-state index is 13.8. The van der Waals surface area contributed by atoms with Crippen LogP contribution >= 0.6 is 11.6 Å². The molecule has 1 fully saturated rings. The van der Waals surface area contributed by atoms with Crippen LogP contribution in [0, 0.1) is 5.82 Å². The predicted molar refractivity (Wildman–Crippen MR) is 116 cm³/mol. The molecule has 3 rings (SSSR count). The third-order valence-electron chi connectivity index (χ3n) is 4.84. The van der Waals surface area contributed by atoms with Gasteiger partial charge in [0.05, 0.1) is 22.8 Å². The van der Waals surface area contributed by atoms with E-state index in [2.05, 4.69) is 15.3 Å². The van der Waals surface area contributed by atoms with Gasteiger partial charge in [0.25, 0.3) is 11.8 Å². The lowest BCUT2D eigenvalue weighted by atomic mass is 10.1. The van der Waals surface area contributed by atoms with Gasteiger partial charge in [-0.3, -0.25) is 4.79 Å². The van der Waals surface area contributed by atoms with E-state index in [0.29, 0.717) is 5.56 Å². The molecule has 3 atom stereocenters. The molecule has 2 aromatic rings. The number of amides is 1. The number of alkyl halides is 2. The smallest absolute Gasteiger partial charge is 0.289 e. The van der Waals surface area contributed by atoms with Gasteiger partial charge in [-0.2, -0.15) is 0 Å². The van der Waals surface area contributed by atoms with Crippen molar-refractivity contribution in [1.29, 1.82) is 0 Å². The maximum Gasteiger partial charge on any atom is 0.289 e. The Morgan fingerprint density at radius 2 is 2.03 bits per heavy atom. The van der Waals surface area contributed by atoms with Gasteiger partial charge in [0, 0.05) is 29.7 Å². The Morgan fingerprint density at radius 3 is 2.64 bits per heavy atom. The van der Waals surface area contributed by atoms with Gasteiger partial charge in [0.2, 0.25) is 5.82 Å². The van der Waals surface area contributed by atoms with E-state index in [4.69, 9.17) is 16.3 Å². The molecule has 0 spiro atoms. The van der Waals surface area contributed by atoms with E-state index in [9.17, 15) is 26.4 Å². The fourth-order valence-electron chi connectivity index (χ4n) is 3.01. The summed E-state index contributed by atoms with van der Waals surface area (Å²) in [5.41, 5.74) is 0.150. The fraction of sp³-hybridized carbons (Fsp3) is 0.381. The third-order valence-corrected chi connectivity index (χ3v) is 5.89. The topological polar surface area (TPSA) is 98.2 Å². The quantitative estimate of drug-likeness (QED) is 0.579. The molecule has 7 nitrogen and oxygen atoms in total. The first-order chi connectivity index (χ1) is 15.3. The summed E-state index contributed by atoms with van der Waals surface area (Å²) in [5.74, 6) is -6.16. The molecule has 33 heavy (non-hydrogen) atoms. The van der Waals surface area contributed by atoms with Gasteiger partial charge < -0.3 is 10.1 Å². The normalized spacial score (nSPS) is 19.2. The summed E-state index contributed by atoms with van der Waals surface area (Å²) in [7, 11) is -3.38. The monoisotopic (exact) mass is 503 g/mol. The maximum absolute atomic E-state index is 13.8. The van der Waals surface area contributed by atoms with Crippen LogP contribution in [-0.4, -0.2) is 42.5 Å². The molecule has 12 heteroatoms. The average molecular weight is 504 g/mol. The highest BCUT2D eigenvalue weighted by Gasteiger charge is 2.60. The number of ether oxygens (including phenoxy) is 1. The number of aromatic nitrogens is 2. The zero-order chi connectivity index (χ0) is 24.6. The molecule has 1 amide bonds. The summed E-state index contributed by atoms with van der Waals surface area (Å²) in [6.45, 7) is 3.09. The Kier molecular flexibility index (Phi) is 7.04. The Bertz CT molecular complexity index is 1210. The highest BCUT2D eigenvalue weighted by Crippen LogP contribution is 2.57. The van der Waals surface area contributed by atoms with Crippen molar-refractivity contribution < 1.29 is 31.1 Å². The number of carbonyl (C=O) groups is 1. The van der Waals surface area contributed by atoms with Crippen LogP contribution in [0.25, 0.3) is 0 Å². The zero-order valence-electron chi connectivity index (χ0n) is 17.9. The number of rotatable bonds is 8. The molecule has 1 aliphatic carbocycles. The van der Waals surface area contributed by atoms with Crippen LogP contribution < -0.4 is 10.1 Å². The minimum atomic E-state index is -3.38. The van der Waals surface area contributed by atoms with E-state index < -0.39 is 52.0 Å². The van der Waals surface area contributed by atoms with Crippen molar-refractivity contribution in [3.05, 3.63) is 63.8 Å². The number of hydrogen-bond acceptors (Lipinski definition) is 6. The minimum Gasteiger partial charge on any atom is -0.482 e. The van der Waals surface area contributed by atoms with Crippen molar-refractivity contribution in [2.24, 2.45) is 0 Å². The van der Waals surface area contributed by atoms with Gasteiger partial charge in [-0.25, -0.2) is 31.6 Å². The lowest BCUT2D eigenvalue weighted by molar-refractivity contribution is 0.0932. The summed E-state index contributed by atoms with van der Waals surface area (Å²) in [6, 6.07) is 3.47. The fourth-order valence-corrected chi connectivity index (χ4v) is 3.81. The number of nitrogens with zero attached hydrogens (tertiary/aromatic N) is 2. The molecule has 1 aromatic carbocycles. The number of carbonyl (C=O) groups excluding carboxylic acids is 1. The molecule has 1 saturated carbocycles. The molecule has 1 heterocycles. The molecule has 1 aliphatic rings. The van der Waals surface area contributed by atoms with Crippen LogP contribution in [0.1, 0.15) is 54.2 Å². The molecule has 0 saturated heterocycles. The van der Waals surface area contributed by atoms with Gasteiger partial charge in [-0.15, -0.1) is 0 Å². The second-order valence-electron chi connectivity index (χ2n) is 7.78.